The molecule has 0 heterocycles. The van der Waals surface area contributed by atoms with Crippen molar-refractivity contribution in [3.8, 4) is 0 Å². The van der Waals surface area contributed by atoms with Gasteiger partial charge in [0.1, 0.15) is 12.4 Å². The molecular formula is C17H20O3. The van der Waals surface area contributed by atoms with E-state index in [2.05, 4.69) is 13.2 Å². The lowest BCUT2D eigenvalue weighted by molar-refractivity contribution is -0.146. The minimum absolute atomic E-state index is 0.166. The van der Waals surface area contributed by atoms with Crippen molar-refractivity contribution in [2.24, 2.45) is 0 Å². The zero-order valence-electron chi connectivity index (χ0n) is 11.7. The Hall–Kier alpha value is -2.29. The Morgan fingerprint density at radius 2 is 2.00 bits per heavy atom. The monoisotopic (exact) mass is 272 g/mol. The molecule has 3 nitrogen and oxygen atoms in total. The Labute approximate surface area is 120 Å². The van der Waals surface area contributed by atoms with Crippen molar-refractivity contribution >= 4 is 5.97 Å². The molecule has 20 heavy (non-hydrogen) atoms. The summed E-state index contributed by atoms with van der Waals surface area (Å²) < 4.78 is 11.0. The van der Waals surface area contributed by atoms with Crippen molar-refractivity contribution in [1.29, 1.82) is 0 Å². The number of rotatable bonds is 8. The van der Waals surface area contributed by atoms with E-state index in [9.17, 15) is 4.79 Å². The van der Waals surface area contributed by atoms with Crippen LogP contribution in [0.3, 0.4) is 0 Å². The molecule has 106 valence electrons. The Morgan fingerprint density at radius 1 is 1.30 bits per heavy atom. The second kappa shape index (κ2) is 8.75. The number of hydrogen-bond acceptors (Lipinski definition) is 3. The molecule has 0 radical (unpaired) electrons. The third-order valence-corrected chi connectivity index (χ3v) is 2.62. The molecule has 0 spiro atoms. The molecule has 0 fully saturated rings. The molecule has 1 aromatic rings. The molecular weight excluding hydrogens is 252 g/mol. The summed E-state index contributed by atoms with van der Waals surface area (Å²) in [7, 11) is 0. The topological polar surface area (TPSA) is 35.5 Å². The Kier molecular flexibility index (Phi) is 6.90. The number of hydrogen-bond donors (Lipinski definition) is 0. The molecule has 0 amide bonds. The van der Waals surface area contributed by atoms with Crippen LogP contribution in [0, 0.1) is 0 Å². The van der Waals surface area contributed by atoms with Crippen LogP contribution in [0.25, 0.3) is 0 Å². The van der Waals surface area contributed by atoms with E-state index in [1.54, 1.807) is 25.2 Å². The Bertz CT molecular complexity index is 474. The van der Waals surface area contributed by atoms with Gasteiger partial charge in [0, 0.05) is 6.42 Å². The first-order valence-corrected chi connectivity index (χ1v) is 6.53. The number of ether oxygens (including phenoxy) is 2. The molecule has 0 saturated heterocycles. The number of benzene rings is 1. The summed E-state index contributed by atoms with van der Waals surface area (Å²) in [6.45, 7) is 9.24. The molecule has 0 aliphatic carbocycles. The molecule has 0 saturated carbocycles. The van der Waals surface area contributed by atoms with Gasteiger partial charge in [0.15, 0.2) is 6.10 Å². The summed E-state index contributed by atoms with van der Waals surface area (Å²) in [5, 5.41) is 0. The maximum atomic E-state index is 11.3. The van der Waals surface area contributed by atoms with Gasteiger partial charge in [0.25, 0.3) is 0 Å². The number of esters is 1. The molecule has 1 rings (SSSR count). The predicted octanol–water partition coefficient (Wildman–Crippen LogP) is 3.95. The van der Waals surface area contributed by atoms with Crippen molar-refractivity contribution < 1.29 is 14.3 Å². The molecule has 0 aliphatic heterocycles. The lowest BCUT2D eigenvalue weighted by Crippen LogP contribution is -2.14. The molecule has 1 atom stereocenters. The normalized spacial score (nSPS) is 12.3. The number of carbonyl (C=O) groups is 1. The summed E-state index contributed by atoms with van der Waals surface area (Å²) in [6.07, 6.45) is 4.91. The summed E-state index contributed by atoms with van der Waals surface area (Å²) in [5.41, 5.74) is 0.938. The fourth-order valence-electron chi connectivity index (χ4n) is 1.57. The van der Waals surface area contributed by atoms with Crippen LogP contribution in [0.15, 0.2) is 67.5 Å². The number of carbonyl (C=O) groups excluding carboxylic acids is 1. The van der Waals surface area contributed by atoms with Crippen LogP contribution < -0.4 is 0 Å². The minimum atomic E-state index is -0.365. The van der Waals surface area contributed by atoms with Gasteiger partial charge in [-0.15, -0.1) is 0 Å². The molecule has 0 N–H and O–H groups in total. The summed E-state index contributed by atoms with van der Waals surface area (Å²) in [6, 6.07) is 9.61. The molecule has 0 aliphatic rings. The van der Waals surface area contributed by atoms with Crippen LogP contribution >= 0.6 is 0 Å². The van der Waals surface area contributed by atoms with Gasteiger partial charge < -0.3 is 9.47 Å². The zero-order chi connectivity index (χ0) is 14.8. The van der Waals surface area contributed by atoms with Gasteiger partial charge in [-0.1, -0.05) is 56.5 Å². The summed E-state index contributed by atoms with van der Waals surface area (Å²) in [5.74, 6) is 0.337. The van der Waals surface area contributed by atoms with E-state index in [1.165, 1.54) is 0 Å². The van der Waals surface area contributed by atoms with Crippen molar-refractivity contribution in [2.75, 3.05) is 6.61 Å². The SMILES string of the molecule is C=C/C=C(\C=C)OC(COC(=O)CC)c1ccccc1. The van der Waals surface area contributed by atoms with Crippen molar-refractivity contribution in [3.05, 3.63) is 73.0 Å². The first-order chi connectivity index (χ1) is 9.71. The van der Waals surface area contributed by atoms with Crippen molar-refractivity contribution in [1.82, 2.24) is 0 Å². The zero-order valence-corrected chi connectivity index (χ0v) is 11.7. The standard InChI is InChI=1S/C17H20O3/c1-4-10-15(5-2)20-16(13-19-17(18)6-3)14-11-8-7-9-12-14/h4-5,7-12,16H,1-2,6,13H2,3H3/b15-10+. The van der Waals surface area contributed by atoms with Crippen LogP contribution in [-0.4, -0.2) is 12.6 Å². The van der Waals surface area contributed by atoms with Gasteiger partial charge in [0.2, 0.25) is 0 Å². The second-order valence-corrected chi connectivity index (χ2v) is 4.06. The molecule has 1 unspecified atom stereocenters. The average Bonchev–Trinajstić information content (AvgIpc) is 2.50. The Morgan fingerprint density at radius 3 is 2.55 bits per heavy atom. The predicted molar refractivity (Wildman–Crippen MR) is 80.0 cm³/mol. The minimum Gasteiger partial charge on any atom is -0.482 e. The van der Waals surface area contributed by atoms with Gasteiger partial charge in [-0.25, -0.2) is 0 Å². The summed E-state index contributed by atoms with van der Waals surface area (Å²) in [4.78, 5) is 11.3. The van der Waals surface area contributed by atoms with Gasteiger partial charge in [-0.2, -0.15) is 0 Å². The molecule has 3 heteroatoms. The van der Waals surface area contributed by atoms with E-state index in [-0.39, 0.29) is 18.7 Å². The third kappa shape index (κ3) is 5.14. The van der Waals surface area contributed by atoms with Crippen LogP contribution in [0.5, 0.6) is 0 Å². The Balaban J connectivity index is 2.84. The largest absolute Gasteiger partial charge is 0.482 e. The van der Waals surface area contributed by atoms with Gasteiger partial charge in [-0.3, -0.25) is 4.79 Å². The molecule has 1 aromatic carbocycles. The van der Waals surface area contributed by atoms with E-state index in [0.717, 1.165) is 5.56 Å². The highest BCUT2D eigenvalue weighted by molar-refractivity contribution is 5.68. The van der Waals surface area contributed by atoms with Gasteiger partial charge in [0.05, 0.1) is 0 Å². The maximum absolute atomic E-state index is 11.3. The first-order valence-electron chi connectivity index (χ1n) is 6.53. The van der Waals surface area contributed by atoms with Gasteiger partial charge in [-0.05, 0) is 17.7 Å². The fourth-order valence-corrected chi connectivity index (χ4v) is 1.57. The van der Waals surface area contributed by atoms with E-state index in [4.69, 9.17) is 9.47 Å². The van der Waals surface area contributed by atoms with E-state index in [1.807, 2.05) is 30.3 Å². The highest BCUT2D eigenvalue weighted by Crippen LogP contribution is 2.21. The van der Waals surface area contributed by atoms with E-state index in [0.29, 0.717) is 12.2 Å². The first kappa shape index (κ1) is 15.8. The van der Waals surface area contributed by atoms with E-state index < -0.39 is 0 Å². The lowest BCUT2D eigenvalue weighted by atomic mass is 10.1. The number of allylic oxidation sites excluding steroid dienone is 3. The van der Waals surface area contributed by atoms with Crippen LogP contribution in [0.2, 0.25) is 0 Å². The molecule has 0 bridgehead atoms. The quantitative estimate of drug-likeness (QED) is 0.408. The average molecular weight is 272 g/mol. The van der Waals surface area contributed by atoms with E-state index >= 15 is 0 Å². The maximum Gasteiger partial charge on any atom is 0.305 e. The lowest BCUT2D eigenvalue weighted by Gasteiger charge is -2.20. The highest BCUT2D eigenvalue weighted by Gasteiger charge is 2.15. The van der Waals surface area contributed by atoms with Crippen molar-refractivity contribution in [2.45, 2.75) is 19.4 Å². The van der Waals surface area contributed by atoms with Crippen molar-refractivity contribution in [3.63, 3.8) is 0 Å². The smallest absolute Gasteiger partial charge is 0.305 e. The van der Waals surface area contributed by atoms with Crippen LogP contribution in [0.4, 0.5) is 0 Å². The summed E-state index contributed by atoms with van der Waals surface area (Å²) >= 11 is 0. The highest BCUT2D eigenvalue weighted by atomic mass is 16.6. The molecule has 0 aromatic heterocycles. The fraction of sp³-hybridized carbons (Fsp3) is 0.235. The third-order valence-electron chi connectivity index (χ3n) is 2.62. The second-order valence-electron chi connectivity index (χ2n) is 4.06. The van der Waals surface area contributed by atoms with Crippen LogP contribution in [0.1, 0.15) is 25.0 Å². The van der Waals surface area contributed by atoms with Crippen LogP contribution in [-0.2, 0) is 14.3 Å². The van der Waals surface area contributed by atoms with Gasteiger partial charge >= 0.3 is 5.97 Å².